The lowest BCUT2D eigenvalue weighted by Gasteiger charge is -2.34. The van der Waals surface area contributed by atoms with Crippen molar-refractivity contribution in [3.8, 4) is 5.69 Å². The molecule has 1 aliphatic rings. The van der Waals surface area contributed by atoms with Crippen molar-refractivity contribution >= 4 is 32.6 Å². The Bertz CT molecular complexity index is 1250. The Morgan fingerprint density at radius 2 is 1.74 bits per heavy atom. The Labute approximate surface area is 185 Å². The maximum atomic E-state index is 13.2. The third-order valence-corrected chi connectivity index (χ3v) is 6.96. The van der Waals surface area contributed by atoms with Crippen LogP contribution >= 0.6 is 11.3 Å². The quantitative estimate of drug-likeness (QED) is 0.483. The second kappa shape index (κ2) is 7.81. The number of piperazine rings is 1. The summed E-state index contributed by atoms with van der Waals surface area (Å²) in [5.74, 6) is 0.0510. The van der Waals surface area contributed by atoms with E-state index in [2.05, 4.69) is 36.0 Å². The highest BCUT2D eigenvalue weighted by Gasteiger charge is 2.26. The van der Waals surface area contributed by atoms with E-state index in [9.17, 15) is 4.79 Å². The van der Waals surface area contributed by atoms with Crippen LogP contribution in [-0.4, -0.2) is 51.8 Å². The average molecular weight is 432 g/mol. The van der Waals surface area contributed by atoms with Gasteiger partial charge >= 0.3 is 0 Å². The third-order valence-electron chi connectivity index (χ3n) is 5.90. The predicted molar refractivity (Wildman–Crippen MR) is 126 cm³/mol. The minimum absolute atomic E-state index is 0.0510. The lowest BCUT2D eigenvalue weighted by molar-refractivity contribution is 0.0746. The highest BCUT2D eigenvalue weighted by atomic mass is 32.1. The summed E-state index contributed by atoms with van der Waals surface area (Å²) in [7, 11) is 0. The first-order chi connectivity index (χ1) is 15.0. The molecule has 0 unspecified atom stereocenters. The zero-order valence-corrected chi connectivity index (χ0v) is 18.8. The van der Waals surface area contributed by atoms with Crippen LogP contribution in [0.1, 0.15) is 27.2 Å². The van der Waals surface area contributed by atoms with Crippen LogP contribution in [0.15, 0.2) is 48.7 Å². The molecule has 0 radical (unpaired) electrons. The molecule has 158 valence electrons. The summed E-state index contributed by atoms with van der Waals surface area (Å²) in [6.45, 7) is 9.14. The van der Waals surface area contributed by atoms with Gasteiger partial charge in [-0.2, -0.15) is 5.10 Å². The average Bonchev–Trinajstić information content (AvgIpc) is 3.38. The van der Waals surface area contributed by atoms with Gasteiger partial charge in [-0.15, -0.1) is 0 Å². The zero-order chi connectivity index (χ0) is 21.5. The Balaban J connectivity index is 1.30. The molecule has 0 saturated carbocycles. The first-order valence-corrected chi connectivity index (χ1v) is 11.3. The molecule has 0 N–H and O–H groups in total. The molecule has 1 amide bonds. The number of carbonyl (C=O) groups is 1. The molecule has 2 aromatic heterocycles. The Morgan fingerprint density at radius 1 is 1.00 bits per heavy atom. The number of amides is 1. The smallest absolute Gasteiger partial charge is 0.257 e. The van der Waals surface area contributed by atoms with Crippen LogP contribution in [-0.2, 0) is 0 Å². The van der Waals surface area contributed by atoms with Crippen molar-refractivity contribution in [1.82, 2.24) is 19.7 Å². The van der Waals surface area contributed by atoms with Gasteiger partial charge in [-0.1, -0.05) is 35.6 Å². The zero-order valence-electron chi connectivity index (χ0n) is 18.0. The molecule has 1 saturated heterocycles. The van der Waals surface area contributed by atoms with Crippen LogP contribution in [0, 0.1) is 20.8 Å². The number of rotatable bonds is 3. The number of thiazole rings is 1. The SMILES string of the molecule is Cc1cc(C)c2nc(N3CCN(C(=O)c4cnn(-c5ccccc5)c4C)CC3)sc2c1. The molecule has 4 aromatic rings. The normalized spacial score (nSPS) is 14.4. The Morgan fingerprint density at radius 3 is 2.48 bits per heavy atom. The van der Waals surface area contributed by atoms with Gasteiger partial charge in [0.1, 0.15) is 0 Å². The number of benzene rings is 2. The minimum atomic E-state index is 0.0510. The van der Waals surface area contributed by atoms with Crippen LogP contribution < -0.4 is 4.90 Å². The number of hydrogen-bond acceptors (Lipinski definition) is 5. The van der Waals surface area contributed by atoms with Crippen molar-refractivity contribution in [1.29, 1.82) is 0 Å². The van der Waals surface area contributed by atoms with E-state index in [4.69, 9.17) is 4.98 Å². The first kappa shape index (κ1) is 19.8. The van der Waals surface area contributed by atoms with Gasteiger partial charge in [-0.25, -0.2) is 9.67 Å². The lowest BCUT2D eigenvalue weighted by atomic mass is 10.1. The van der Waals surface area contributed by atoms with Gasteiger partial charge in [-0.05, 0) is 50.1 Å². The van der Waals surface area contributed by atoms with E-state index in [0.717, 1.165) is 35.1 Å². The molecule has 5 rings (SSSR count). The maximum Gasteiger partial charge on any atom is 0.257 e. The van der Waals surface area contributed by atoms with Gasteiger partial charge in [0.15, 0.2) is 5.13 Å². The summed E-state index contributed by atoms with van der Waals surface area (Å²) in [4.78, 5) is 22.3. The lowest BCUT2D eigenvalue weighted by Crippen LogP contribution is -2.48. The molecule has 0 spiro atoms. The van der Waals surface area contributed by atoms with E-state index in [0.29, 0.717) is 18.7 Å². The second-order valence-electron chi connectivity index (χ2n) is 8.10. The van der Waals surface area contributed by atoms with E-state index in [1.54, 1.807) is 17.5 Å². The number of nitrogens with zero attached hydrogens (tertiary/aromatic N) is 5. The van der Waals surface area contributed by atoms with Crippen LogP contribution in [0.3, 0.4) is 0 Å². The maximum absolute atomic E-state index is 13.2. The molecule has 1 fully saturated rings. The van der Waals surface area contributed by atoms with E-state index >= 15 is 0 Å². The third kappa shape index (κ3) is 3.59. The number of aromatic nitrogens is 3. The van der Waals surface area contributed by atoms with Crippen LogP contribution in [0.25, 0.3) is 15.9 Å². The molecular weight excluding hydrogens is 406 g/mol. The standard InChI is InChI=1S/C24H25N5OS/c1-16-13-17(2)22-21(14-16)31-24(26-22)28-11-9-27(10-12-28)23(30)20-15-25-29(18(20)3)19-7-5-4-6-8-19/h4-8,13-15H,9-12H2,1-3H3. The summed E-state index contributed by atoms with van der Waals surface area (Å²) in [6, 6.07) is 14.3. The highest BCUT2D eigenvalue weighted by molar-refractivity contribution is 7.22. The van der Waals surface area contributed by atoms with Crippen molar-refractivity contribution in [3.05, 3.63) is 71.0 Å². The molecule has 1 aliphatic heterocycles. The molecule has 0 bridgehead atoms. The highest BCUT2D eigenvalue weighted by Crippen LogP contribution is 2.32. The number of hydrogen-bond donors (Lipinski definition) is 0. The van der Waals surface area contributed by atoms with E-state index in [1.165, 1.54) is 15.8 Å². The summed E-state index contributed by atoms with van der Waals surface area (Å²) in [5, 5.41) is 5.50. The predicted octanol–water partition coefficient (Wildman–Crippen LogP) is 4.37. The summed E-state index contributed by atoms with van der Waals surface area (Å²) >= 11 is 1.74. The van der Waals surface area contributed by atoms with Crippen LogP contribution in [0.5, 0.6) is 0 Å². The fourth-order valence-corrected chi connectivity index (χ4v) is 5.41. The number of aryl methyl sites for hydroxylation is 2. The summed E-state index contributed by atoms with van der Waals surface area (Å²) < 4.78 is 3.06. The van der Waals surface area contributed by atoms with Crippen molar-refractivity contribution in [2.24, 2.45) is 0 Å². The molecule has 2 aromatic carbocycles. The van der Waals surface area contributed by atoms with Gasteiger partial charge in [-0.3, -0.25) is 4.79 Å². The van der Waals surface area contributed by atoms with E-state index in [1.807, 2.05) is 46.8 Å². The van der Waals surface area contributed by atoms with Crippen molar-refractivity contribution in [3.63, 3.8) is 0 Å². The van der Waals surface area contributed by atoms with Crippen molar-refractivity contribution < 1.29 is 4.79 Å². The molecule has 0 atom stereocenters. The van der Waals surface area contributed by atoms with Gasteiger partial charge in [0, 0.05) is 26.2 Å². The van der Waals surface area contributed by atoms with E-state index in [-0.39, 0.29) is 5.91 Å². The van der Waals surface area contributed by atoms with Crippen LogP contribution in [0.4, 0.5) is 5.13 Å². The molecule has 7 heteroatoms. The molecule has 31 heavy (non-hydrogen) atoms. The molecule has 6 nitrogen and oxygen atoms in total. The largest absolute Gasteiger partial charge is 0.345 e. The number of para-hydroxylation sites is 1. The fraction of sp³-hybridized carbons (Fsp3) is 0.292. The fourth-order valence-electron chi connectivity index (χ4n) is 4.21. The van der Waals surface area contributed by atoms with Gasteiger partial charge < -0.3 is 9.80 Å². The Kier molecular flexibility index (Phi) is 4.98. The van der Waals surface area contributed by atoms with Gasteiger partial charge in [0.25, 0.3) is 5.91 Å². The number of anilines is 1. The van der Waals surface area contributed by atoms with Gasteiger partial charge in [0.2, 0.25) is 0 Å². The Hall–Kier alpha value is -3.19. The monoisotopic (exact) mass is 431 g/mol. The number of carbonyl (C=O) groups excluding carboxylic acids is 1. The number of fused-ring (bicyclic) bond motifs is 1. The summed E-state index contributed by atoms with van der Waals surface area (Å²) in [5.41, 5.74) is 6.08. The molecule has 0 aliphatic carbocycles. The first-order valence-electron chi connectivity index (χ1n) is 10.5. The minimum Gasteiger partial charge on any atom is -0.345 e. The van der Waals surface area contributed by atoms with Gasteiger partial charge in [0.05, 0.1) is 33.4 Å². The van der Waals surface area contributed by atoms with Crippen molar-refractivity contribution in [2.45, 2.75) is 20.8 Å². The second-order valence-corrected chi connectivity index (χ2v) is 9.10. The molecule has 3 heterocycles. The van der Waals surface area contributed by atoms with Crippen LogP contribution in [0.2, 0.25) is 0 Å². The summed E-state index contributed by atoms with van der Waals surface area (Å²) in [6.07, 6.45) is 1.69. The topological polar surface area (TPSA) is 54.3 Å². The molecular formula is C24H25N5OS. The van der Waals surface area contributed by atoms with E-state index < -0.39 is 0 Å². The van der Waals surface area contributed by atoms with Crippen molar-refractivity contribution in [2.75, 3.05) is 31.1 Å².